The van der Waals surface area contributed by atoms with E-state index < -0.39 is 12.0 Å². The predicted octanol–water partition coefficient (Wildman–Crippen LogP) is 2.77. The van der Waals surface area contributed by atoms with E-state index in [0.29, 0.717) is 5.92 Å². The zero-order chi connectivity index (χ0) is 13.0. The standard InChI is InChI=1S/C14H19NO2S/c15-13(9-14(16)17)12-4-2-1-3-11(12)10-5-7-18-8-6-10/h1-4,10,13H,5-9,15H2,(H,16,17). The number of hydrogen-bond donors (Lipinski definition) is 2. The summed E-state index contributed by atoms with van der Waals surface area (Å²) in [7, 11) is 0. The van der Waals surface area contributed by atoms with E-state index in [1.807, 2.05) is 30.0 Å². The molecule has 4 heteroatoms. The first kappa shape index (κ1) is 13.4. The minimum atomic E-state index is -0.837. The number of aliphatic carboxylic acids is 1. The Morgan fingerprint density at radius 3 is 2.72 bits per heavy atom. The van der Waals surface area contributed by atoms with Gasteiger partial charge < -0.3 is 10.8 Å². The highest BCUT2D eigenvalue weighted by molar-refractivity contribution is 7.99. The third-order valence-corrected chi connectivity index (χ3v) is 4.50. The van der Waals surface area contributed by atoms with Crippen molar-refractivity contribution < 1.29 is 9.90 Å². The van der Waals surface area contributed by atoms with Crippen molar-refractivity contribution in [1.82, 2.24) is 0 Å². The maximum absolute atomic E-state index is 10.8. The van der Waals surface area contributed by atoms with E-state index in [2.05, 4.69) is 6.07 Å². The molecule has 0 aromatic heterocycles. The molecule has 2 rings (SSSR count). The minimum Gasteiger partial charge on any atom is -0.481 e. The zero-order valence-corrected chi connectivity index (χ0v) is 11.2. The minimum absolute atomic E-state index is 0.00150. The number of hydrogen-bond acceptors (Lipinski definition) is 3. The molecule has 1 unspecified atom stereocenters. The summed E-state index contributed by atoms with van der Waals surface area (Å²) in [6, 6.07) is 7.66. The van der Waals surface area contributed by atoms with Gasteiger partial charge in [-0.25, -0.2) is 0 Å². The Hall–Kier alpha value is -1.00. The number of benzene rings is 1. The van der Waals surface area contributed by atoms with Crippen LogP contribution in [0.2, 0.25) is 0 Å². The molecule has 1 aliphatic rings. The molecule has 0 saturated carbocycles. The van der Waals surface area contributed by atoms with E-state index in [1.165, 1.54) is 29.9 Å². The van der Waals surface area contributed by atoms with Crippen molar-refractivity contribution in [2.24, 2.45) is 5.73 Å². The Morgan fingerprint density at radius 1 is 1.39 bits per heavy atom. The molecule has 0 bridgehead atoms. The molecular formula is C14H19NO2S. The average molecular weight is 265 g/mol. The fourth-order valence-corrected chi connectivity index (χ4v) is 3.63. The number of carboxylic acid groups (broad SMARTS) is 1. The van der Waals surface area contributed by atoms with Gasteiger partial charge >= 0.3 is 5.97 Å². The van der Waals surface area contributed by atoms with Crippen molar-refractivity contribution in [1.29, 1.82) is 0 Å². The largest absolute Gasteiger partial charge is 0.481 e. The van der Waals surface area contributed by atoms with Gasteiger partial charge in [-0.05, 0) is 41.4 Å². The van der Waals surface area contributed by atoms with Crippen molar-refractivity contribution in [3.63, 3.8) is 0 Å². The number of rotatable bonds is 4. The van der Waals surface area contributed by atoms with Crippen LogP contribution in [0.15, 0.2) is 24.3 Å². The second kappa shape index (κ2) is 6.25. The summed E-state index contributed by atoms with van der Waals surface area (Å²) >= 11 is 1.99. The molecule has 18 heavy (non-hydrogen) atoms. The van der Waals surface area contributed by atoms with Crippen molar-refractivity contribution in [3.05, 3.63) is 35.4 Å². The van der Waals surface area contributed by atoms with Crippen LogP contribution in [0.3, 0.4) is 0 Å². The Kier molecular flexibility index (Phi) is 4.66. The van der Waals surface area contributed by atoms with Crippen LogP contribution in [0.5, 0.6) is 0 Å². The Morgan fingerprint density at radius 2 is 2.06 bits per heavy atom. The number of carboxylic acids is 1. The van der Waals surface area contributed by atoms with Gasteiger partial charge in [0, 0.05) is 6.04 Å². The van der Waals surface area contributed by atoms with Crippen LogP contribution in [-0.2, 0) is 4.79 Å². The molecule has 1 atom stereocenters. The van der Waals surface area contributed by atoms with E-state index in [9.17, 15) is 4.79 Å². The Balaban J connectivity index is 2.21. The number of thioether (sulfide) groups is 1. The van der Waals surface area contributed by atoms with Crippen molar-refractivity contribution in [2.75, 3.05) is 11.5 Å². The zero-order valence-electron chi connectivity index (χ0n) is 10.3. The van der Waals surface area contributed by atoms with Crippen molar-refractivity contribution in [3.8, 4) is 0 Å². The average Bonchev–Trinajstić information content (AvgIpc) is 2.39. The Labute approximate surface area is 112 Å². The highest BCUT2D eigenvalue weighted by atomic mass is 32.2. The topological polar surface area (TPSA) is 63.3 Å². The van der Waals surface area contributed by atoms with Crippen molar-refractivity contribution >= 4 is 17.7 Å². The van der Waals surface area contributed by atoms with Gasteiger partial charge in [0.1, 0.15) is 0 Å². The molecule has 1 saturated heterocycles. The van der Waals surface area contributed by atoms with Gasteiger partial charge in [-0.3, -0.25) is 4.79 Å². The quantitative estimate of drug-likeness (QED) is 0.878. The normalized spacial score (nSPS) is 18.5. The highest BCUT2D eigenvalue weighted by Gasteiger charge is 2.21. The molecule has 1 aromatic rings. The van der Waals surface area contributed by atoms with Crippen LogP contribution in [0.25, 0.3) is 0 Å². The summed E-state index contributed by atoms with van der Waals surface area (Å²) in [5.41, 5.74) is 8.28. The lowest BCUT2D eigenvalue weighted by Crippen LogP contribution is -2.19. The molecule has 1 aliphatic heterocycles. The number of nitrogens with two attached hydrogens (primary N) is 1. The van der Waals surface area contributed by atoms with Gasteiger partial charge in [-0.1, -0.05) is 24.3 Å². The highest BCUT2D eigenvalue weighted by Crippen LogP contribution is 2.35. The molecule has 1 fully saturated rings. The summed E-state index contributed by atoms with van der Waals surface area (Å²) in [6.45, 7) is 0. The second-order valence-electron chi connectivity index (χ2n) is 4.72. The molecule has 3 nitrogen and oxygen atoms in total. The molecule has 0 aliphatic carbocycles. The molecule has 1 heterocycles. The lowest BCUT2D eigenvalue weighted by Gasteiger charge is -2.25. The summed E-state index contributed by atoms with van der Waals surface area (Å²) in [5.74, 6) is 2.08. The van der Waals surface area contributed by atoms with Gasteiger partial charge in [-0.2, -0.15) is 11.8 Å². The van der Waals surface area contributed by atoms with Crippen LogP contribution < -0.4 is 5.73 Å². The first-order chi connectivity index (χ1) is 8.68. The van der Waals surface area contributed by atoms with Crippen LogP contribution in [0, 0.1) is 0 Å². The fourth-order valence-electron chi connectivity index (χ4n) is 2.53. The van der Waals surface area contributed by atoms with Crippen LogP contribution in [0.4, 0.5) is 0 Å². The van der Waals surface area contributed by atoms with Crippen LogP contribution >= 0.6 is 11.8 Å². The fraction of sp³-hybridized carbons (Fsp3) is 0.500. The molecule has 98 valence electrons. The van der Waals surface area contributed by atoms with Gasteiger partial charge in [0.2, 0.25) is 0 Å². The molecule has 0 spiro atoms. The first-order valence-electron chi connectivity index (χ1n) is 6.32. The maximum Gasteiger partial charge on any atom is 0.305 e. The predicted molar refractivity (Wildman–Crippen MR) is 74.9 cm³/mol. The van der Waals surface area contributed by atoms with Crippen molar-refractivity contribution in [2.45, 2.75) is 31.2 Å². The summed E-state index contributed by atoms with van der Waals surface area (Å²) < 4.78 is 0. The van der Waals surface area contributed by atoms with E-state index in [1.54, 1.807) is 0 Å². The van der Waals surface area contributed by atoms with E-state index in [0.717, 1.165) is 5.56 Å². The van der Waals surface area contributed by atoms with Crippen LogP contribution in [-0.4, -0.2) is 22.6 Å². The molecule has 1 aromatic carbocycles. The van der Waals surface area contributed by atoms with E-state index >= 15 is 0 Å². The first-order valence-corrected chi connectivity index (χ1v) is 7.48. The van der Waals surface area contributed by atoms with Gasteiger partial charge in [0.15, 0.2) is 0 Å². The third kappa shape index (κ3) is 3.27. The van der Waals surface area contributed by atoms with Crippen LogP contribution in [0.1, 0.15) is 42.3 Å². The van der Waals surface area contributed by atoms with E-state index in [4.69, 9.17) is 10.8 Å². The lowest BCUT2D eigenvalue weighted by atomic mass is 9.86. The molecule has 0 radical (unpaired) electrons. The maximum atomic E-state index is 10.8. The monoisotopic (exact) mass is 265 g/mol. The second-order valence-corrected chi connectivity index (χ2v) is 5.94. The number of carbonyl (C=O) groups is 1. The summed E-state index contributed by atoms with van der Waals surface area (Å²) in [5, 5.41) is 8.86. The summed E-state index contributed by atoms with van der Waals surface area (Å²) in [6.07, 6.45) is 2.33. The smallest absolute Gasteiger partial charge is 0.305 e. The Bertz CT molecular complexity index is 416. The van der Waals surface area contributed by atoms with Gasteiger partial charge in [0.25, 0.3) is 0 Å². The third-order valence-electron chi connectivity index (χ3n) is 3.45. The molecular weight excluding hydrogens is 246 g/mol. The van der Waals surface area contributed by atoms with Gasteiger partial charge in [-0.15, -0.1) is 0 Å². The molecule has 3 N–H and O–H groups in total. The lowest BCUT2D eigenvalue weighted by molar-refractivity contribution is -0.137. The summed E-state index contributed by atoms with van der Waals surface area (Å²) in [4.78, 5) is 10.8. The van der Waals surface area contributed by atoms with E-state index in [-0.39, 0.29) is 6.42 Å². The van der Waals surface area contributed by atoms with Gasteiger partial charge in [0.05, 0.1) is 6.42 Å². The molecule has 0 amide bonds. The SMILES string of the molecule is NC(CC(=O)O)c1ccccc1C1CCSCC1.